The summed E-state index contributed by atoms with van der Waals surface area (Å²) in [7, 11) is 0. The average molecular weight is 266 g/mol. The third-order valence-electron chi connectivity index (χ3n) is 2.75. The fourth-order valence-corrected chi connectivity index (χ4v) is 1.60. The van der Waals surface area contributed by atoms with E-state index >= 15 is 0 Å². The van der Waals surface area contributed by atoms with Gasteiger partial charge in [0.05, 0.1) is 6.04 Å². The highest BCUT2D eigenvalue weighted by atomic mass is 16.4. The van der Waals surface area contributed by atoms with Crippen LogP contribution in [-0.2, 0) is 16.0 Å². The molecular weight excluding hydrogens is 248 g/mol. The van der Waals surface area contributed by atoms with Gasteiger partial charge in [0, 0.05) is 0 Å². The largest absolute Gasteiger partial charge is 0.508 e. The Morgan fingerprint density at radius 3 is 2.37 bits per heavy atom. The molecule has 0 saturated carbocycles. The van der Waals surface area contributed by atoms with Gasteiger partial charge in [-0.3, -0.25) is 4.79 Å². The number of carboxylic acid groups (broad SMARTS) is 1. The number of hydrogen-bond acceptors (Lipinski definition) is 4. The number of benzene rings is 1. The van der Waals surface area contributed by atoms with Crippen LogP contribution < -0.4 is 11.1 Å². The van der Waals surface area contributed by atoms with Gasteiger partial charge in [0.2, 0.25) is 5.91 Å². The molecule has 0 aliphatic heterocycles. The summed E-state index contributed by atoms with van der Waals surface area (Å²) in [5.74, 6) is -1.44. The summed E-state index contributed by atoms with van der Waals surface area (Å²) in [6, 6.07) is 4.60. The lowest BCUT2D eigenvalue weighted by Gasteiger charge is -2.16. The van der Waals surface area contributed by atoms with Crippen molar-refractivity contribution in [3.63, 3.8) is 0 Å². The van der Waals surface area contributed by atoms with Crippen molar-refractivity contribution in [1.29, 1.82) is 0 Å². The van der Waals surface area contributed by atoms with Crippen molar-refractivity contribution in [2.75, 3.05) is 0 Å². The van der Waals surface area contributed by atoms with E-state index in [-0.39, 0.29) is 12.2 Å². The van der Waals surface area contributed by atoms with Gasteiger partial charge in [-0.25, -0.2) is 4.79 Å². The molecule has 2 atom stereocenters. The number of nitrogens with two attached hydrogens (primary N) is 1. The minimum absolute atomic E-state index is 0.138. The van der Waals surface area contributed by atoms with E-state index in [1.807, 2.05) is 0 Å². The van der Waals surface area contributed by atoms with Crippen LogP contribution in [0, 0.1) is 0 Å². The molecule has 6 heteroatoms. The molecule has 0 saturated heterocycles. The third kappa shape index (κ3) is 4.59. The lowest BCUT2D eigenvalue weighted by atomic mass is 10.1. The molecule has 1 aromatic rings. The molecule has 0 heterocycles. The van der Waals surface area contributed by atoms with Crippen LogP contribution in [0.25, 0.3) is 0 Å². The Hall–Kier alpha value is -2.08. The normalized spacial score (nSPS) is 13.6. The Morgan fingerprint density at radius 1 is 1.32 bits per heavy atom. The van der Waals surface area contributed by atoms with Crippen LogP contribution in [0.15, 0.2) is 24.3 Å². The molecule has 0 spiro atoms. The van der Waals surface area contributed by atoms with Crippen molar-refractivity contribution in [2.24, 2.45) is 5.73 Å². The van der Waals surface area contributed by atoms with E-state index in [9.17, 15) is 9.59 Å². The van der Waals surface area contributed by atoms with Crippen LogP contribution in [0.2, 0.25) is 0 Å². The summed E-state index contributed by atoms with van der Waals surface area (Å²) in [5.41, 5.74) is 6.52. The highest BCUT2D eigenvalue weighted by Crippen LogP contribution is 2.11. The number of nitrogens with one attached hydrogen (secondary N) is 1. The van der Waals surface area contributed by atoms with E-state index in [0.717, 1.165) is 5.56 Å². The number of carbonyl (C=O) groups excluding carboxylic acids is 1. The molecule has 1 amide bonds. The standard InChI is InChI=1S/C13H18N2O4/c1-2-11(13(18)19)15-12(17)10(14)7-8-3-5-9(16)6-4-8/h3-6,10-11,16H,2,7,14H2,1H3,(H,15,17)(H,18,19)/t10-,11-/m1/s1. The smallest absolute Gasteiger partial charge is 0.326 e. The van der Waals surface area contributed by atoms with Crippen LogP contribution in [0.1, 0.15) is 18.9 Å². The molecule has 0 bridgehead atoms. The van der Waals surface area contributed by atoms with Gasteiger partial charge in [0.1, 0.15) is 11.8 Å². The highest BCUT2D eigenvalue weighted by Gasteiger charge is 2.21. The van der Waals surface area contributed by atoms with Gasteiger partial charge >= 0.3 is 5.97 Å². The first-order chi connectivity index (χ1) is 8.93. The number of carboxylic acids is 1. The summed E-state index contributed by atoms with van der Waals surface area (Å²) >= 11 is 0. The Balaban J connectivity index is 2.57. The highest BCUT2D eigenvalue weighted by molar-refractivity contribution is 5.86. The second-order valence-corrected chi connectivity index (χ2v) is 4.28. The van der Waals surface area contributed by atoms with Gasteiger partial charge in [0.25, 0.3) is 0 Å². The molecule has 104 valence electrons. The van der Waals surface area contributed by atoms with Gasteiger partial charge in [-0.1, -0.05) is 19.1 Å². The number of rotatable bonds is 6. The number of aromatic hydroxyl groups is 1. The summed E-state index contributed by atoms with van der Waals surface area (Å²) in [4.78, 5) is 22.5. The van der Waals surface area contributed by atoms with Crippen LogP contribution in [0.3, 0.4) is 0 Å². The van der Waals surface area contributed by atoms with Crippen LogP contribution >= 0.6 is 0 Å². The van der Waals surface area contributed by atoms with Crippen molar-refractivity contribution in [3.05, 3.63) is 29.8 Å². The van der Waals surface area contributed by atoms with Gasteiger partial charge < -0.3 is 21.3 Å². The van der Waals surface area contributed by atoms with E-state index in [1.165, 1.54) is 12.1 Å². The second-order valence-electron chi connectivity index (χ2n) is 4.28. The number of phenolic OH excluding ortho intramolecular Hbond substituents is 1. The van der Waals surface area contributed by atoms with E-state index in [1.54, 1.807) is 19.1 Å². The first kappa shape index (κ1) is 15.0. The summed E-state index contributed by atoms with van der Waals surface area (Å²) < 4.78 is 0. The zero-order valence-electron chi connectivity index (χ0n) is 10.7. The molecule has 5 N–H and O–H groups in total. The molecule has 19 heavy (non-hydrogen) atoms. The third-order valence-corrected chi connectivity index (χ3v) is 2.75. The zero-order chi connectivity index (χ0) is 14.4. The van der Waals surface area contributed by atoms with E-state index in [2.05, 4.69) is 5.32 Å². The predicted octanol–water partition coefficient (Wildman–Crippen LogP) is 0.241. The monoisotopic (exact) mass is 266 g/mol. The lowest BCUT2D eigenvalue weighted by Crippen LogP contribution is -2.48. The fraction of sp³-hybridized carbons (Fsp3) is 0.385. The fourth-order valence-electron chi connectivity index (χ4n) is 1.60. The van der Waals surface area contributed by atoms with Crippen molar-refractivity contribution >= 4 is 11.9 Å². The van der Waals surface area contributed by atoms with E-state index < -0.39 is 24.0 Å². The molecule has 0 aromatic heterocycles. The molecule has 0 unspecified atom stereocenters. The Morgan fingerprint density at radius 2 is 1.89 bits per heavy atom. The maximum atomic E-state index is 11.7. The lowest BCUT2D eigenvalue weighted by molar-refractivity contribution is -0.142. The number of aliphatic carboxylic acids is 1. The quantitative estimate of drug-likeness (QED) is 0.589. The summed E-state index contributed by atoms with van der Waals surface area (Å²) in [5, 5.41) is 20.4. The number of phenols is 1. The average Bonchev–Trinajstić information content (AvgIpc) is 2.37. The van der Waals surface area contributed by atoms with Gasteiger partial charge in [0.15, 0.2) is 0 Å². The van der Waals surface area contributed by atoms with Crippen molar-refractivity contribution < 1.29 is 19.8 Å². The van der Waals surface area contributed by atoms with Crippen LogP contribution in [-0.4, -0.2) is 34.2 Å². The number of carbonyl (C=O) groups is 2. The zero-order valence-corrected chi connectivity index (χ0v) is 10.7. The van der Waals surface area contributed by atoms with Crippen molar-refractivity contribution in [3.8, 4) is 5.75 Å². The topological polar surface area (TPSA) is 113 Å². The van der Waals surface area contributed by atoms with Gasteiger partial charge in [-0.15, -0.1) is 0 Å². The van der Waals surface area contributed by atoms with Gasteiger partial charge in [-0.05, 0) is 30.5 Å². The molecule has 0 aliphatic carbocycles. The van der Waals surface area contributed by atoms with Crippen LogP contribution in [0.5, 0.6) is 5.75 Å². The first-order valence-electron chi connectivity index (χ1n) is 6.00. The van der Waals surface area contributed by atoms with Crippen molar-refractivity contribution in [1.82, 2.24) is 5.32 Å². The molecule has 6 nitrogen and oxygen atoms in total. The first-order valence-corrected chi connectivity index (χ1v) is 6.00. The second kappa shape index (κ2) is 6.75. The SMILES string of the molecule is CC[C@@H](NC(=O)[C@H](N)Cc1ccc(O)cc1)C(=O)O. The Bertz CT molecular complexity index is 444. The molecule has 0 aliphatic rings. The van der Waals surface area contributed by atoms with Gasteiger partial charge in [-0.2, -0.15) is 0 Å². The maximum Gasteiger partial charge on any atom is 0.326 e. The number of hydrogen-bond donors (Lipinski definition) is 4. The molecule has 1 rings (SSSR count). The maximum absolute atomic E-state index is 11.7. The summed E-state index contributed by atoms with van der Waals surface area (Å²) in [6.07, 6.45) is 0.579. The van der Waals surface area contributed by atoms with Crippen molar-refractivity contribution in [2.45, 2.75) is 31.8 Å². The molecular formula is C13H18N2O4. The minimum atomic E-state index is -1.08. The Labute approximate surface area is 111 Å². The molecule has 1 aromatic carbocycles. The molecule has 0 fully saturated rings. The van der Waals surface area contributed by atoms with E-state index in [0.29, 0.717) is 6.42 Å². The predicted molar refractivity (Wildman–Crippen MR) is 69.6 cm³/mol. The van der Waals surface area contributed by atoms with Crippen LogP contribution in [0.4, 0.5) is 0 Å². The molecule has 0 radical (unpaired) electrons. The van der Waals surface area contributed by atoms with E-state index in [4.69, 9.17) is 15.9 Å². The number of amides is 1. The minimum Gasteiger partial charge on any atom is -0.508 e. The summed E-state index contributed by atoms with van der Waals surface area (Å²) in [6.45, 7) is 1.67. The Kier molecular flexibility index (Phi) is 5.32.